The van der Waals surface area contributed by atoms with Crippen LogP contribution in [0.15, 0.2) is 16.9 Å². The van der Waals surface area contributed by atoms with Gasteiger partial charge >= 0.3 is 5.56 Å². The topological polar surface area (TPSA) is 70.2 Å². The molecule has 1 saturated heterocycles. The molecule has 0 unspecified atom stereocenters. The molecule has 1 aliphatic rings. The van der Waals surface area contributed by atoms with E-state index in [4.69, 9.17) is 4.74 Å². The number of benzene rings is 1. The largest absolute Gasteiger partial charge is 0.477 e. The van der Waals surface area contributed by atoms with Crippen LogP contribution in [0.1, 0.15) is 5.56 Å². The van der Waals surface area contributed by atoms with Crippen molar-refractivity contribution in [1.29, 1.82) is 0 Å². The number of H-pyrrole nitrogens is 1. The Morgan fingerprint density at radius 2 is 2.14 bits per heavy atom. The summed E-state index contributed by atoms with van der Waals surface area (Å²) in [6, 6.07) is 3.42. The van der Waals surface area contributed by atoms with Crippen LogP contribution in [-0.2, 0) is 6.54 Å². The molecule has 1 aromatic carbocycles. The summed E-state index contributed by atoms with van der Waals surface area (Å²) in [6.45, 7) is 4.11. The quantitative estimate of drug-likeness (QED) is 0.861. The SMILES string of the molecule is COc1nc2ccc(CN3CCNCC3)c(F)c2[nH]c1=O. The van der Waals surface area contributed by atoms with E-state index >= 15 is 0 Å². The van der Waals surface area contributed by atoms with Crippen LogP contribution >= 0.6 is 0 Å². The van der Waals surface area contributed by atoms with Gasteiger partial charge < -0.3 is 15.0 Å². The first-order valence-corrected chi connectivity index (χ1v) is 6.87. The zero-order valence-electron chi connectivity index (χ0n) is 11.8. The number of nitrogens with zero attached hydrogens (tertiary/aromatic N) is 2. The molecule has 6 nitrogen and oxygen atoms in total. The van der Waals surface area contributed by atoms with Crippen molar-refractivity contribution in [1.82, 2.24) is 20.2 Å². The van der Waals surface area contributed by atoms with E-state index in [1.165, 1.54) is 7.11 Å². The smallest absolute Gasteiger partial charge is 0.311 e. The number of nitrogens with one attached hydrogen (secondary N) is 2. The lowest BCUT2D eigenvalue weighted by Crippen LogP contribution is -2.43. The Morgan fingerprint density at radius 1 is 1.38 bits per heavy atom. The number of aromatic nitrogens is 2. The summed E-state index contributed by atoms with van der Waals surface area (Å²) in [5.41, 5.74) is 0.552. The zero-order chi connectivity index (χ0) is 14.8. The third-order valence-corrected chi connectivity index (χ3v) is 3.65. The van der Waals surface area contributed by atoms with Crippen LogP contribution in [-0.4, -0.2) is 48.2 Å². The molecule has 0 atom stereocenters. The fraction of sp³-hybridized carbons (Fsp3) is 0.429. The minimum absolute atomic E-state index is 0.0586. The highest BCUT2D eigenvalue weighted by molar-refractivity contribution is 5.76. The van der Waals surface area contributed by atoms with E-state index in [1.807, 2.05) is 0 Å². The van der Waals surface area contributed by atoms with Gasteiger partial charge in [0.15, 0.2) is 5.82 Å². The Labute approximate surface area is 120 Å². The van der Waals surface area contributed by atoms with E-state index in [-0.39, 0.29) is 11.4 Å². The fourth-order valence-corrected chi connectivity index (χ4v) is 2.52. The van der Waals surface area contributed by atoms with Crippen molar-refractivity contribution >= 4 is 11.0 Å². The summed E-state index contributed by atoms with van der Waals surface area (Å²) in [5.74, 6) is -0.477. The minimum atomic E-state index is -0.525. The maximum absolute atomic E-state index is 14.5. The molecule has 2 heterocycles. The minimum Gasteiger partial charge on any atom is -0.477 e. The number of aromatic amines is 1. The van der Waals surface area contributed by atoms with Crippen LogP contribution in [0, 0.1) is 5.82 Å². The lowest BCUT2D eigenvalue weighted by molar-refractivity contribution is 0.230. The number of ether oxygens (including phenoxy) is 1. The van der Waals surface area contributed by atoms with Crippen molar-refractivity contribution < 1.29 is 9.13 Å². The molecule has 3 rings (SSSR count). The molecule has 0 amide bonds. The maximum atomic E-state index is 14.5. The molecule has 0 saturated carbocycles. The lowest BCUT2D eigenvalue weighted by atomic mass is 10.1. The number of fused-ring (bicyclic) bond motifs is 1. The zero-order valence-corrected chi connectivity index (χ0v) is 11.8. The van der Waals surface area contributed by atoms with Gasteiger partial charge in [-0.05, 0) is 6.07 Å². The Balaban J connectivity index is 1.97. The molecule has 112 valence electrons. The van der Waals surface area contributed by atoms with E-state index < -0.39 is 11.4 Å². The van der Waals surface area contributed by atoms with Gasteiger partial charge in [-0.1, -0.05) is 6.07 Å². The van der Waals surface area contributed by atoms with Gasteiger partial charge in [-0.25, -0.2) is 9.37 Å². The lowest BCUT2D eigenvalue weighted by Gasteiger charge is -2.27. The predicted molar refractivity (Wildman–Crippen MR) is 77.0 cm³/mol. The first kappa shape index (κ1) is 14.0. The highest BCUT2D eigenvalue weighted by Gasteiger charge is 2.16. The number of halogens is 1. The van der Waals surface area contributed by atoms with Crippen LogP contribution in [0.5, 0.6) is 5.88 Å². The molecule has 0 aliphatic carbocycles. The molecule has 21 heavy (non-hydrogen) atoms. The van der Waals surface area contributed by atoms with Crippen molar-refractivity contribution in [3.05, 3.63) is 33.9 Å². The second-order valence-corrected chi connectivity index (χ2v) is 5.03. The summed E-state index contributed by atoms with van der Waals surface area (Å²) in [6.07, 6.45) is 0. The van der Waals surface area contributed by atoms with Crippen LogP contribution in [0.4, 0.5) is 4.39 Å². The molecule has 0 spiro atoms. The second kappa shape index (κ2) is 5.79. The fourth-order valence-electron chi connectivity index (χ4n) is 2.52. The Kier molecular flexibility index (Phi) is 3.85. The average molecular weight is 292 g/mol. The van der Waals surface area contributed by atoms with E-state index in [0.717, 1.165) is 26.2 Å². The van der Waals surface area contributed by atoms with Gasteiger partial charge in [-0.3, -0.25) is 9.69 Å². The van der Waals surface area contributed by atoms with E-state index in [1.54, 1.807) is 12.1 Å². The molecule has 1 aromatic heterocycles. The molecule has 1 fully saturated rings. The summed E-state index contributed by atoms with van der Waals surface area (Å²) in [7, 11) is 1.36. The number of methoxy groups -OCH3 is 1. The Hall–Kier alpha value is -1.99. The van der Waals surface area contributed by atoms with E-state index in [0.29, 0.717) is 17.6 Å². The van der Waals surface area contributed by atoms with Gasteiger partial charge in [-0.2, -0.15) is 0 Å². The second-order valence-electron chi connectivity index (χ2n) is 5.03. The molecule has 1 aliphatic heterocycles. The first-order valence-electron chi connectivity index (χ1n) is 6.87. The first-order chi connectivity index (χ1) is 10.2. The van der Waals surface area contributed by atoms with Gasteiger partial charge in [0, 0.05) is 38.3 Å². The van der Waals surface area contributed by atoms with Crippen LogP contribution < -0.4 is 15.6 Å². The molecule has 0 radical (unpaired) electrons. The maximum Gasteiger partial charge on any atom is 0.311 e. The van der Waals surface area contributed by atoms with Crippen molar-refractivity contribution in [2.45, 2.75) is 6.54 Å². The highest BCUT2D eigenvalue weighted by atomic mass is 19.1. The van der Waals surface area contributed by atoms with Crippen LogP contribution in [0.25, 0.3) is 11.0 Å². The molecule has 2 aromatic rings. The number of piperazine rings is 1. The highest BCUT2D eigenvalue weighted by Crippen LogP contribution is 2.19. The summed E-state index contributed by atoms with van der Waals surface area (Å²) < 4.78 is 19.4. The normalized spacial score (nSPS) is 16.3. The van der Waals surface area contributed by atoms with Gasteiger partial charge in [0.2, 0.25) is 0 Å². The predicted octanol–water partition coefficient (Wildman–Crippen LogP) is 0.476. The van der Waals surface area contributed by atoms with Crippen molar-refractivity contribution in [3.8, 4) is 5.88 Å². The third kappa shape index (κ3) is 2.74. The van der Waals surface area contributed by atoms with Gasteiger partial charge in [0.25, 0.3) is 5.88 Å². The third-order valence-electron chi connectivity index (χ3n) is 3.65. The standard InChI is InChI=1S/C14H17FN4O2/c1-21-14-13(20)18-12-10(17-14)3-2-9(11(12)15)8-19-6-4-16-5-7-19/h2-3,16H,4-8H2,1H3,(H,18,20). The summed E-state index contributed by atoms with van der Waals surface area (Å²) >= 11 is 0. The average Bonchev–Trinajstić information content (AvgIpc) is 2.51. The number of hydrogen-bond donors (Lipinski definition) is 2. The Morgan fingerprint density at radius 3 is 2.86 bits per heavy atom. The van der Waals surface area contributed by atoms with Crippen molar-refractivity contribution in [2.75, 3.05) is 33.3 Å². The van der Waals surface area contributed by atoms with Crippen molar-refractivity contribution in [2.24, 2.45) is 0 Å². The van der Waals surface area contributed by atoms with Crippen molar-refractivity contribution in [3.63, 3.8) is 0 Å². The Bertz CT molecular complexity index is 710. The molecule has 0 bridgehead atoms. The van der Waals surface area contributed by atoms with Crippen LogP contribution in [0.3, 0.4) is 0 Å². The monoisotopic (exact) mass is 292 g/mol. The van der Waals surface area contributed by atoms with Gasteiger partial charge in [0.1, 0.15) is 5.52 Å². The summed E-state index contributed by atoms with van der Waals surface area (Å²) in [5, 5.41) is 3.26. The van der Waals surface area contributed by atoms with Crippen LogP contribution in [0.2, 0.25) is 0 Å². The number of hydrogen-bond acceptors (Lipinski definition) is 5. The molecule has 2 N–H and O–H groups in total. The molecule has 7 heteroatoms. The van der Waals surface area contributed by atoms with E-state index in [9.17, 15) is 9.18 Å². The number of rotatable bonds is 3. The van der Waals surface area contributed by atoms with Gasteiger partial charge in [0.05, 0.1) is 12.6 Å². The molecular weight excluding hydrogens is 275 g/mol. The molecular formula is C14H17FN4O2. The van der Waals surface area contributed by atoms with Gasteiger partial charge in [-0.15, -0.1) is 0 Å². The summed E-state index contributed by atoms with van der Waals surface area (Å²) in [4.78, 5) is 20.4. The van der Waals surface area contributed by atoms with E-state index in [2.05, 4.69) is 20.2 Å².